The smallest absolute Gasteiger partial charge is 0.147 e. The van der Waals surface area contributed by atoms with E-state index in [1.165, 1.54) is 0 Å². The molecule has 16 heavy (non-hydrogen) atoms. The highest BCUT2D eigenvalue weighted by Crippen LogP contribution is 2.25. The van der Waals surface area contributed by atoms with Crippen LogP contribution in [0.25, 0.3) is 11.0 Å². The monoisotopic (exact) mass is 238 g/mol. The molecular formula is C12H15ClN2O. The van der Waals surface area contributed by atoms with Crippen LogP contribution in [0.5, 0.6) is 5.75 Å². The molecule has 0 aliphatic rings. The molecule has 0 saturated carbocycles. The lowest BCUT2D eigenvalue weighted by Gasteiger charge is -2.04. The molecule has 1 aromatic carbocycles. The van der Waals surface area contributed by atoms with Crippen LogP contribution in [0.3, 0.4) is 0 Å². The minimum atomic E-state index is 0.415. The van der Waals surface area contributed by atoms with Crippen LogP contribution in [-0.4, -0.2) is 16.2 Å². The first-order chi connectivity index (χ1) is 7.77. The van der Waals surface area contributed by atoms with Crippen molar-refractivity contribution in [2.45, 2.75) is 19.2 Å². The molecule has 0 N–H and O–H groups in total. The second kappa shape index (κ2) is 4.74. The Morgan fingerprint density at radius 3 is 2.94 bits per heavy atom. The van der Waals surface area contributed by atoms with Gasteiger partial charge in [0.15, 0.2) is 0 Å². The number of para-hydroxylation sites is 1. The third kappa shape index (κ3) is 1.87. The molecule has 2 rings (SSSR count). The van der Waals surface area contributed by atoms with Gasteiger partial charge in [-0.3, -0.25) is 0 Å². The number of hydrogen-bond donors (Lipinski definition) is 0. The van der Waals surface area contributed by atoms with Gasteiger partial charge in [-0.05, 0) is 18.6 Å². The number of benzene rings is 1. The van der Waals surface area contributed by atoms with Crippen molar-refractivity contribution in [1.82, 2.24) is 9.55 Å². The van der Waals surface area contributed by atoms with Crippen molar-refractivity contribution < 1.29 is 4.74 Å². The highest BCUT2D eigenvalue weighted by atomic mass is 35.5. The number of hydrogen-bond acceptors (Lipinski definition) is 2. The van der Waals surface area contributed by atoms with Gasteiger partial charge >= 0.3 is 0 Å². The van der Waals surface area contributed by atoms with E-state index in [2.05, 4.69) is 11.9 Å². The van der Waals surface area contributed by atoms with Gasteiger partial charge in [-0.1, -0.05) is 13.0 Å². The fourth-order valence-corrected chi connectivity index (χ4v) is 1.92. The summed E-state index contributed by atoms with van der Waals surface area (Å²) in [6, 6.07) is 5.95. The average Bonchev–Trinajstić information content (AvgIpc) is 2.64. The molecule has 0 unspecified atom stereocenters. The highest BCUT2D eigenvalue weighted by molar-refractivity contribution is 6.16. The number of ether oxygens (including phenoxy) is 1. The zero-order valence-corrected chi connectivity index (χ0v) is 10.3. The number of aromatic nitrogens is 2. The molecule has 1 heterocycles. The number of imidazole rings is 1. The van der Waals surface area contributed by atoms with Crippen LogP contribution in [0.2, 0.25) is 0 Å². The van der Waals surface area contributed by atoms with Gasteiger partial charge in [0.05, 0.1) is 18.0 Å². The van der Waals surface area contributed by atoms with Crippen molar-refractivity contribution in [1.29, 1.82) is 0 Å². The van der Waals surface area contributed by atoms with Crippen molar-refractivity contribution in [3.63, 3.8) is 0 Å². The maximum absolute atomic E-state index is 5.84. The molecule has 86 valence electrons. The number of halogens is 1. The van der Waals surface area contributed by atoms with Crippen molar-refractivity contribution in [2.75, 3.05) is 6.61 Å². The van der Waals surface area contributed by atoms with E-state index in [0.717, 1.165) is 29.0 Å². The van der Waals surface area contributed by atoms with Gasteiger partial charge in [0, 0.05) is 7.05 Å². The number of rotatable bonds is 4. The normalized spacial score (nSPS) is 10.9. The molecule has 2 aromatic rings. The van der Waals surface area contributed by atoms with E-state index in [9.17, 15) is 0 Å². The van der Waals surface area contributed by atoms with Gasteiger partial charge in [0.25, 0.3) is 0 Å². The number of alkyl halides is 1. The highest BCUT2D eigenvalue weighted by Gasteiger charge is 2.10. The largest absolute Gasteiger partial charge is 0.491 e. The van der Waals surface area contributed by atoms with Gasteiger partial charge in [-0.15, -0.1) is 11.6 Å². The Labute approximate surface area is 100.0 Å². The Bertz CT molecular complexity index is 493. The van der Waals surface area contributed by atoms with Crippen LogP contribution in [-0.2, 0) is 12.9 Å². The lowest BCUT2D eigenvalue weighted by atomic mass is 10.3. The van der Waals surface area contributed by atoms with Crippen LogP contribution in [0, 0.1) is 0 Å². The summed E-state index contributed by atoms with van der Waals surface area (Å²) in [7, 11) is 1.97. The van der Waals surface area contributed by atoms with Crippen molar-refractivity contribution in [2.24, 2.45) is 7.05 Å². The molecule has 1 aromatic heterocycles. The molecule has 0 aliphatic carbocycles. The van der Waals surface area contributed by atoms with Gasteiger partial charge in [0.1, 0.15) is 17.1 Å². The summed E-state index contributed by atoms with van der Waals surface area (Å²) in [5.41, 5.74) is 1.96. The summed E-state index contributed by atoms with van der Waals surface area (Å²) in [5, 5.41) is 0. The SMILES string of the molecule is CCCOc1cccc2c1nc(CCl)n2C. The standard InChI is InChI=1S/C12H15ClN2O/c1-3-7-16-10-6-4-5-9-12(10)14-11(8-13)15(9)2/h4-6H,3,7-8H2,1-2H3. The zero-order chi connectivity index (χ0) is 11.5. The van der Waals surface area contributed by atoms with E-state index >= 15 is 0 Å². The Morgan fingerprint density at radius 2 is 2.25 bits per heavy atom. The summed E-state index contributed by atoms with van der Waals surface area (Å²) in [6.45, 7) is 2.80. The summed E-state index contributed by atoms with van der Waals surface area (Å²) < 4.78 is 7.66. The first-order valence-corrected chi connectivity index (χ1v) is 5.94. The lowest BCUT2D eigenvalue weighted by Crippen LogP contribution is -1.95. The lowest BCUT2D eigenvalue weighted by molar-refractivity contribution is 0.320. The van der Waals surface area contributed by atoms with Gasteiger partial charge < -0.3 is 9.30 Å². The minimum Gasteiger partial charge on any atom is -0.491 e. The first-order valence-electron chi connectivity index (χ1n) is 5.41. The summed E-state index contributed by atoms with van der Waals surface area (Å²) in [4.78, 5) is 4.49. The van der Waals surface area contributed by atoms with E-state index in [4.69, 9.17) is 16.3 Å². The van der Waals surface area contributed by atoms with Crippen LogP contribution < -0.4 is 4.74 Å². The van der Waals surface area contributed by atoms with Crippen molar-refractivity contribution >= 4 is 22.6 Å². The molecule has 3 nitrogen and oxygen atoms in total. The molecule has 0 amide bonds. The molecule has 0 atom stereocenters. The quantitative estimate of drug-likeness (QED) is 0.766. The maximum Gasteiger partial charge on any atom is 0.147 e. The van der Waals surface area contributed by atoms with E-state index in [1.807, 2.05) is 29.8 Å². The fourth-order valence-electron chi connectivity index (χ4n) is 1.68. The Kier molecular flexibility index (Phi) is 3.34. The third-order valence-corrected chi connectivity index (χ3v) is 2.79. The van der Waals surface area contributed by atoms with E-state index in [1.54, 1.807) is 0 Å². The van der Waals surface area contributed by atoms with Crippen LogP contribution >= 0.6 is 11.6 Å². The molecule has 0 spiro atoms. The van der Waals surface area contributed by atoms with E-state index < -0.39 is 0 Å². The summed E-state index contributed by atoms with van der Waals surface area (Å²) >= 11 is 5.84. The van der Waals surface area contributed by atoms with Gasteiger partial charge in [0.2, 0.25) is 0 Å². The molecular weight excluding hydrogens is 224 g/mol. The molecule has 4 heteroatoms. The van der Waals surface area contributed by atoms with Crippen LogP contribution in [0.15, 0.2) is 18.2 Å². The molecule has 0 aliphatic heterocycles. The number of fused-ring (bicyclic) bond motifs is 1. The number of nitrogens with zero attached hydrogens (tertiary/aromatic N) is 2. The Balaban J connectivity index is 2.50. The molecule has 0 saturated heterocycles. The van der Waals surface area contributed by atoms with E-state index in [-0.39, 0.29) is 0 Å². The van der Waals surface area contributed by atoms with Crippen LogP contribution in [0.1, 0.15) is 19.2 Å². The maximum atomic E-state index is 5.84. The van der Waals surface area contributed by atoms with Crippen molar-refractivity contribution in [3.8, 4) is 5.75 Å². The fraction of sp³-hybridized carbons (Fsp3) is 0.417. The molecule has 0 fully saturated rings. The topological polar surface area (TPSA) is 27.1 Å². The molecule has 0 bridgehead atoms. The second-order valence-corrected chi connectivity index (χ2v) is 3.96. The summed E-state index contributed by atoms with van der Waals surface area (Å²) in [5.74, 6) is 2.12. The molecule has 0 radical (unpaired) electrons. The number of aryl methyl sites for hydroxylation is 1. The van der Waals surface area contributed by atoms with E-state index in [0.29, 0.717) is 12.5 Å². The first kappa shape index (κ1) is 11.3. The minimum absolute atomic E-state index is 0.415. The zero-order valence-electron chi connectivity index (χ0n) is 9.53. The third-order valence-electron chi connectivity index (χ3n) is 2.55. The average molecular weight is 239 g/mol. The summed E-state index contributed by atoms with van der Waals surface area (Å²) in [6.07, 6.45) is 0.992. The van der Waals surface area contributed by atoms with Gasteiger partial charge in [-0.2, -0.15) is 0 Å². The van der Waals surface area contributed by atoms with Crippen molar-refractivity contribution in [3.05, 3.63) is 24.0 Å². The second-order valence-electron chi connectivity index (χ2n) is 3.69. The Morgan fingerprint density at radius 1 is 1.44 bits per heavy atom. The predicted octanol–water partition coefficient (Wildman–Crippen LogP) is 3.10. The van der Waals surface area contributed by atoms with Gasteiger partial charge in [-0.25, -0.2) is 4.98 Å². The van der Waals surface area contributed by atoms with Crippen LogP contribution in [0.4, 0.5) is 0 Å². The Hall–Kier alpha value is -1.22. The predicted molar refractivity (Wildman–Crippen MR) is 66.1 cm³/mol.